The number of hydrogen-bond donors (Lipinski definition) is 1. The molecule has 18 heavy (non-hydrogen) atoms. The van der Waals surface area contributed by atoms with Gasteiger partial charge in [-0.3, -0.25) is 4.98 Å². The Bertz CT molecular complexity index is 590. The van der Waals surface area contributed by atoms with Gasteiger partial charge in [-0.2, -0.15) is 0 Å². The maximum Gasteiger partial charge on any atom is 0.139 e. The Morgan fingerprint density at radius 2 is 2.17 bits per heavy atom. The molecule has 0 fully saturated rings. The van der Waals surface area contributed by atoms with E-state index in [1.165, 1.54) is 5.56 Å². The number of hydrogen-bond acceptors (Lipinski definition) is 3. The van der Waals surface area contributed by atoms with Crippen molar-refractivity contribution in [3.63, 3.8) is 0 Å². The number of aromatic nitrogens is 3. The average Bonchev–Trinajstić information content (AvgIpc) is 2.38. The van der Waals surface area contributed by atoms with Gasteiger partial charge in [-0.05, 0) is 30.5 Å². The fourth-order valence-electron chi connectivity index (χ4n) is 1.98. The van der Waals surface area contributed by atoms with Crippen LogP contribution in [0.1, 0.15) is 31.5 Å². The Hall–Kier alpha value is -1.55. The van der Waals surface area contributed by atoms with E-state index in [9.17, 15) is 0 Å². The molecule has 94 valence electrons. The second-order valence-corrected chi connectivity index (χ2v) is 4.65. The summed E-state index contributed by atoms with van der Waals surface area (Å²) in [6, 6.07) is 3.93. The Labute approximate surface area is 112 Å². The summed E-state index contributed by atoms with van der Waals surface area (Å²) >= 11 is 5.23. The standard InChI is InChI=1S/C14H17N3S/c1-3-5-11-8-13(18)17-14(16-11)12-6-7-15-9-10(12)4-2/h6-9H,3-5H2,1-2H3,(H,16,17,18). The zero-order valence-corrected chi connectivity index (χ0v) is 11.5. The third-order valence-electron chi connectivity index (χ3n) is 2.86. The second-order valence-electron chi connectivity index (χ2n) is 4.23. The normalized spacial score (nSPS) is 10.6. The van der Waals surface area contributed by atoms with Gasteiger partial charge in [0.15, 0.2) is 0 Å². The van der Waals surface area contributed by atoms with Crippen molar-refractivity contribution in [3.05, 3.63) is 40.4 Å². The summed E-state index contributed by atoms with van der Waals surface area (Å²) in [4.78, 5) is 12.0. The lowest BCUT2D eigenvalue weighted by Crippen LogP contribution is -1.98. The molecule has 0 unspecified atom stereocenters. The van der Waals surface area contributed by atoms with E-state index < -0.39 is 0 Å². The molecule has 0 aliphatic heterocycles. The molecule has 0 spiro atoms. The molecule has 0 atom stereocenters. The van der Waals surface area contributed by atoms with Crippen LogP contribution in [0.5, 0.6) is 0 Å². The summed E-state index contributed by atoms with van der Waals surface area (Å²) in [7, 11) is 0. The highest BCUT2D eigenvalue weighted by molar-refractivity contribution is 7.71. The smallest absolute Gasteiger partial charge is 0.139 e. The molecule has 0 saturated carbocycles. The summed E-state index contributed by atoms with van der Waals surface area (Å²) in [5, 5.41) is 0. The number of aryl methyl sites for hydroxylation is 2. The minimum absolute atomic E-state index is 0.645. The summed E-state index contributed by atoms with van der Waals surface area (Å²) < 4.78 is 0.645. The van der Waals surface area contributed by atoms with Crippen LogP contribution in [0.3, 0.4) is 0 Å². The SMILES string of the molecule is CCCc1cc(=S)nc(-c2ccncc2CC)[nH]1. The third kappa shape index (κ3) is 2.82. The van der Waals surface area contributed by atoms with Crippen LogP contribution in [0, 0.1) is 4.64 Å². The molecule has 0 aliphatic carbocycles. The summed E-state index contributed by atoms with van der Waals surface area (Å²) in [6.07, 6.45) is 6.70. The molecular weight excluding hydrogens is 242 g/mol. The lowest BCUT2D eigenvalue weighted by molar-refractivity contribution is 0.872. The summed E-state index contributed by atoms with van der Waals surface area (Å²) in [5.41, 5.74) is 3.42. The van der Waals surface area contributed by atoms with E-state index >= 15 is 0 Å². The first-order chi connectivity index (χ1) is 8.74. The van der Waals surface area contributed by atoms with Crippen molar-refractivity contribution in [1.29, 1.82) is 0 Å². The maximum absolute atomic E-state index is 5.23. The van der Waals surface area contributed by atoms with Gasteiger partial charge in [0.2, 0.25) is 0 Å². The van der Waals surface area contributed by atoms with Crippen molar-refractivity contribution in [3.8, 4) is 11.4 Å². The van der Waals surface area contributed by atoms with Crippen LogP contribution in [0.15, 0.2) is 24.5 Å². The fourth-order valence-corrected chi connectivity index (χ4v) is 2.21. The summed E-state index contributed by atoms with van der Waals surface area (Å²) in [6.45, 7) is 4.27. The van der Waals surface area contributed by atoms with E-state index in [0.29, 0.717) is 4.64 Å². The van der Waals surface area contributed by atoms with Gasteiger partial charge < -0.3 is 4.98 Å². The van der Waals surface area contributed by atoms with E-state index in [1.54, 1.807) is 6.20 Å². The average molecular weight is 259 g/mol. The Morgan fingerprint density at radius 3 is 2.89 bits per heavy atom. The lowest BCUT2D eigenvalue weighted by atomic mass is 10.1. The Morgan fingerprint density at radius 1 is 1.33 bits per heavy atom. The largest absolute Gasteiger partial charge is 0.343 e. The van der Waals surface area contributed by atoms with E-state index in [2.05, 4.69) is 28.8 Å². The number of nitrogens with zero attached hydrogens (tertiary/aromatic N) is 2. The van der Waals surface area contributed by atoms with Crippen molar-refractivity contribution in [1.82, 2.24) is 15.0 Å². The molecule has 0 aromatic carbocycles. The number of H-pyrrole nitrogens is 1. The van der Waals surface area contributed by atoms with Crippen molar-refractivity contribution in [2.45, 2.75) is 33.1 Å². The van der Waals surface area contributed by atoms with Crippen LogP contribution in [-0.2, 0) is 12.8 Å². The van der Waals surface area contributed by atoms with E-state index in [1.807, 2.05) is 18.3 Å². The molecule has 0 bridgehead atoms. The first kappa shape index (κ1) is 12.9. The molecule has 2 heterocycles. The molecule has 3 nitrogen and oxygen atoms in total. The molecule has 2 aromatic heterocycles. The Kier molecular flexibility index (Phi) is 4.20. The van der Waals surface area contributed by atoms with Gasteiger partial charge in [0.25, 0.3) is 0 Å². The van der Waals surface area contributed by atoms with E-state index in [0.717, 1.165) is 36.3 Å². The van der Waals surface area contributed by atoms with E-state index in [-0.39, 0.29) is 0 Å². The molecule has 0 aliphatic rings. The molecule has 0 amide bonds. The van der Waals surface area contributed by atoms with Crippen molar-refractivity contribution >= 4 is 12.2 Å². The van der Waals surface area contributed by atoms with Crippen molar-refractivity contribution in [2.24, 2.45) is 0 Å². The van der Waals surface area contributed by atoms with Crippen LogP contribution >= 0.6 is 12.2 Å². The van der Waals surface area contributed by atoms with Crippen LogP contribution in [0.2, 0.25) is 0 Å². The second kappa shape index (κ2) is 5.87. The molecule has 4 heteroatoms. The zero-order valence-electron chi connectivity index (χ0n) is 10.7. The van der Waals surface area contributed by atoms with Crippen LogP contribution in [0.4, 0.5) is 0 Å². The van der Waals surface area contributed by atoms with Crippen molar-refractivity contribution in [2.75, 3.05) is 0 Å². The first-order valence-corrected chi connectivity index (χ1v) is 6.69. The van der Waals surface area contributed by atoms with Gasteiger partial charge in [0, 0.05) is 23.7 Å². The topological polar surface area (TPSA) is 41.6 Å². The predicted molar refractivity (Wildman–Crippen MR) is 76.0 cm³/mol. The van der Waals surface area contributed by atoms with Crippen molar-refractivity contribution < 1.29 is 0 Å². The molecule has 2 aromatic rings. The van der Waals surface area contributed by atoms with Crippen LogP contribution < -0.4 is 0 Å². The third-order valence-corrected chi connectivity index (χ3v) is 3.07. The molecule has 1 N–H and O–H groups in total. The molecule has 0 saturated heterocycles. The minimum atomic E-state index is 0.645. The van der Waals surface area contributed by atoms with E-state index in [4.69, 9.17) is 12.2 Å². The first-order valence-electron chi connectivity index (χ1n) is 6.28. The van der Waals surface area contributed by atoms with Gasteiger partial charge in [0.1, 0.15) is 10.5 Å². The molecular formula is C14H17N3S. The zero-order chi connectivity index (χ0) is 13.0. The summed E-state index contributed by atoms with van der Waals surface area (Å²) in [5.74, 6) is 0.852. The lowest BCUT2D eigenvalue weighted by Gasteiger charge is -2.08. The number of rotatable bonds is 4. The quantitative estimate of drug-likeness (QED) is 0.851. The van der Waals surface area contributed by atoms with Gasteiger partial charge in [-0.25, -0.2) is 4.98 Å². The fraction of sp³-hybridized carbons (Fsp3) is 0.357. The van der Waals surface area contributed by atoms with Gasteiger partial charge in [-0.1, -0.05) is 32.5 Å². The number of pyridine rings is 1. The predicted octanol–water partition coefficient (Wildman–Crippen LogP) is 3.72. The highest BCUT2D eigenvalue weighted by atomic mass is 32.1. The maximum atomic E-state index is 5.23. The highest BCUT2D eigenvalue weighted by Gasteiger charge is 2.06. The molecule has 2 rings (SSSR count). The van der Waals surface area contributed by atoms with Crippen LogP contribution in [0.25, 0.3) is 11.4 Å². The van der Waals surface area contributed by atoms with Crippen LogP contribution in [-0.4, -0.2) is 15.0 Å². The number of nitrogens with one attached hydrogen (secondary N) is 1. The van der Waals surface area contributed by atoms with Gasteiger partial charge in [-0.15, -0.1) is 0 Å². The van der Waals surface area contributed by atoms with Gasteiger partial charge in [0.05, 0.1) is 0 Å². The highest BCUT2D eigenvalue weighted by Crippen LogP contribution is 2.20. The van der Waals surface area contributed by atoms with Gasteiger partial charge >= 0.3 is 0 Å². The molecule has 0 radical (unpaired) electrons. The minimum Gasteiger partial charge on any atom is -0.343 e. The monoisotopic (exact) mass is 259 g/mol. The Balaban J connectivity index is 2.53. The number of aromatic amines is 1.